The van der Waals surface area contributed by atoms with Gasteiger partial charge in [-0.2, -0.15) is 0 Å². The van der Waals surface area contributed by atoms with Crippen LogP contribution >= 0.6 is 0 Å². The second kappa shape index (κ2) is 12.2. The van der Waals surface area contributed by atoms with Crippen molar-refractivity contribution in [2.45, 2.75) is 33.6 Å². The zero-order valence-electron chi connectivity index (χ0n) is 18.2. The molecule has 2 atom stereocenters. The summed E-state index contributed by atoms with van der Waals surface area (Å²) >= 11 is 0. The number of ether oxygens (including phenoxy) is 4. The number of esters is 2. The fraction of sp³-hybridized carbons (Fsp3) is 0.522. The first-order valence-electron chi connectivity index (χ1n) is 10.3. The van der Waals surface area contributed by atoms with E-state index in [0.29, 0.717) is 43.4 Å². The average Bonchev–Trinajstić information content (AvgIpc) is 2.74. The molecule has 0 N–H and O–H groups in total. The molecule has 0 fully saturated rings. The number of allylic oxidation sites excluding steroid dienone is 1. The van der Waals surface area contributed by atoms with Crippen molar-refractivity contribution in [3.05, 3.63) is 47.2 Å². The van der Waals surface area contributed by atoms with Crippen LogP contribution in [-0.2, 0) is 28.5 Å². The molecule has 0 amide bonds. The van der Waals surface area contributed by atoms with Crippen molar-refractivity contribution in [3.63, 3.8) is 0 Å². The van der Waals surface area contributed by atoms with Gasteiger partial charge in [-0.3, -0.25) is 9.79 Å². The molecule has 1 aliphatic rings. The molecule has 1 aromatic rings. The van der Waals surface area contributed by atoms with Gasteiger partial charge in [0, 0.05) is 30.5 Å². The third-order valence-electron chi connectivity index (χ3n) is 4.80. The number of rotatable bonds is 11. The first-order chi connectivity index (χ1) is 14.5. The maximum absolute atomic E-state index is 13.0. The Morgan fingerprint density at radius 1 is 0.900 bits per heavy atom. The number of hydrogen-bond donors (Lipinski definition) is 0. The van der Waals surface area contributed by atoms with Crippen molar-refractivity contribution < 1.29 is 28.5 Å². The molecule has 7 heteroatoms. The Balaban J connectivity index is 2.32. The fourth-order valence-corrected chi connectivity index (χ4v) is 3.48. The van der Waals surface area contributed by atoms with E-state index >= 15 is 0 Å². The number of aliphatic imine (C=N–C) groups is 1. The number of benzene rings is 1. The van der Waals surface area contributed by atoms with E-state index in [1.54, 1.807) is 13.8 Å². The van der Waals surface area contributed by atoms with E-state index in [1.807, 2.05) is 44.2 Å². The highest BCUT2D eigenvalue weighted by Crippen LogP contribution is 2.40. The highest BCUT2D eigenvalue weighted by Gasteiger charge is 2.42. The zero-order chi connectivity index (χ0) is 21.9. The van der Waals surface area contributed by atoms with Crippen LogP contribution in [0.4, 0.5) is 0 Å². The van der Waals surface area contributed by atoms with Gasteiger partial charge >= 0.3 is 11.9 Å². The summed E-state index contributed by atoms with van der Waals surface area (Å²) in [6.07, 6.45) is 0. The number of carbonyl (C=O) groups excluding carboxylic acids is 2. The Hall–Kier alpha value is -2.51. The molecule has 164 valence electrons. The lowest BCUT2D eigenvalue weighted by molar-refractivity contribution is -0.148. The van der Waals surface area contributed by atoms with Crippen LogP contribution in [0.1, 0.15) is 39.2 Å². The maximum atomic E-state index is 13.0. The van der Waals surface area contributed by atoms with Crippen LogP contribution in [0.15, 0.2) is 46.6 Å². The lowest BCUT2D eigenvalue weighted by atomic mass is 9.75. The van der Waals surface area contributed by atoms with E-state index in [2.05, 4.69) is 4.99 Å². The molecule has 0 bridgehead atoms. The van der Waals surface area contributed by atoms with Crippen LogP contribution in [0.5, 0.6) is 0 Å². The summed E-state index contributed by atoms with van der Waals surface area (Å²) in [5, 5.41) is 0. The molecule has 0 radical (unpaired) electrons. The Morgan fingerprint density at radius 2 is 1.50 bits per heavy atom. The Morgan fingerprint density at radius 3 is 2.10 bits per heavy atom. The van der Waals surface area contributed by atoms with Gasteiger partial charge in [0.15, 0.2) is 0 Å². The van der Waals surface area contributed by atoms with Crippen LogP contribution in [0.3, 0.4) is 0 Å². The molecular formula is C23H31NO6. The number of carbonyl (C=O) groups is 2. The molecule has 30 heavy (non-hydrogen) atoms. The van der Waals surface area contributed by atoms with Crippen LogP contribution in [-0.4, -0.2) is 57.3 Å². The van der Waals surface area contributed by atoms with E-state index in [0.717, 1.165) is 5.56 Å². The van der Waals surface area contributed by atoms with Gasteiger partial charge in [-0.25, -0.2) is 4.79 Å². The minimum absolute atomic E-state index is 0.136. The summed E-state index contributed by atoms with van der Waals surface area (Å²) in [7, 11) is 0. The Kier molecular flexibility index (Phi) is 9.70. The van der Waals surface area contributed by atoms with Crippen molar-refractivity contribution in [2.24, 2.45) is 10.9 Å². The topological polar surface area (TPSA) is 83.4 Å². The predicted octanol–water partition coefficient (Wildman–Crippen LogP) is 3.29. The molecule has 0 spiro atoms. The van der Waals surface area contributed by atoms with Crippen LogP contribution in [0.25, 0.3) is 0 Å². The van der Waals surface area contributed by atoms with Crippen LogP contribution < -0.4 is 0 Å². The molecule has 2 rings (SSSR count). The molecule has 1 heterocycles. The average molecular weight is 418 g/mol. The smallest absolute Gasteiger partial charge is 0.336 e. The highest BCUT2D eigenvalue weighted by molar-refractivity contribution is 6.07. The molecule has 0 saturated carbocycles. The van der Waals surface area contributed by atoms with Gasteiger partial charge in [0.05, 0.1) is 18.8 Å². The molecule has 0 saturated heterocycles. The highest BCUT2D eigenvalue weighted by atomic mass is 16.6. The molecule has 1 aromatic carbocycles. The monoisotopic (exact) mass is 417 g/mol. The Bertz CT molecular complexity index is 771. The summed E-state index contributed by atoms with van der Waals surface area (Å²) in [6, 6.07) is 9.43. The van der Waals surface area contributed by atoms with Gasteiger partial charge in [0.1, 0.15) is 19.1 Å². The van der Waals surface area contributed by atoms with Crippen molar-refractivity contribution in [2.75, 3.05) is 39.6 Å². The molecule has 0 aromatic heterocycles. The van der Waals surface area contributed by atoms with Gasteiger partial charge < -0.3 is 18.9 Å². The fourth-order valence-electron chi connectivity index (χ4n) is 3.48. The van der Waals surface area contributed by atoms with Crippen molar-refractivity contribution in [1.82, 2.24) is 0 Å². The van der Waals surface area contributed by atoms with E-state index in [-0.39, 0.29) is 13.2 Å². The molecule has 1 unspecified atom stereocenters. The summed E-state index contributed by atoms with van der Waals surface area (Å²) in [5.74, 6) is -2.18. The van der Waals surface area contributed by atoms with Gasteiger partial charge in [-0.15, -0.1) is 0 Å². The SMILES string of the molecule is CCOCCOC(=O)C1=C(C)N=C(C)C(C(=O)OCCOCC)[C@H]1c1ccccc1. The van der Waals surface area contributed by atoms with Crippen LogP contribution in [0.2, 0.25) is 0 Å². The Labute approximate surface area is 178 Å². The second-order valence-electron chi connectivity index (χ2n) is 6.82. The van der Waals surface area contributed by atoms with Crippen molar-refractivity contribution >= 4 is 17.7 Å². The molecule has 7 nitrogen and oxygen atoms in total. The van der Waals surface area contributed by atoms with Gasteiger partial charge in [0.2, 0.25) is 0 Å². The summed E-state index contributed by atoms with van der Waals surface area (Å²) in [6.45, 7) is 9.31. The van der Waals surface area contributed by atoms with Gasteiger partial charge in [0.25, 0.3) is 0 Å². The number of nitrogens with zero attached hydrogens (tertiary/aromatic N) is 1. The van der Waals surface area contributed by atoms with E-state index in [4.69, 9.17) is 18.9 Å². The lowest BCUT2D eigenvalue weighted by Gasteiger charge is -2.31. The molecular weight excluding hydrogens is 386 g/mol. The normalized spacial score (nSPS) is 18.7. The van der Waals surface area contributed by atoms with E-state index < -0.39 is 23.8 Å². The largest absolute Gasteiger partial charge is 0.463 e. The minimum Gasteiger partial charge on any atom is -0.463 e. The third kappa shape index (κ3) is 6.24. The number of hydrogen-bond acceptors (Lipinski definition) is 7. The van der Waals surface area contributed by atoms with Crippen molar-refractivity contribution in [1.29, 1.82) is 0 Å². The van der Waals surface area contributed by atoms with Crippen molar-refractivity contribution in [3.8, 4) is 0 Å². The summed E-state index contributed by atoms with van der Waals surface area (Å²) < 4.78 is 21.4. The minimum atomic E-state index is -0.716. The summed E-state index contributed by atoms with van der Waals surface area (Å²) in [4.78, 5) is 30.4. The molecule has 1 aliphatic heterocycles. The lowest BCUT2D eigenvalue weighted by Crippen LogP contribution is -2.37. The summed E-state index contributed by atoms with van der Waals surface area (Å²) in [5.41, 5.74) is 2.35. The maximum Gasteiger partial charge on any atom is 0.336 e. The molecule has 0 aliphatic carbocycles. The van der Waals surface area contributed by atoms with E-state index in [1.165, 1.54) is 0 Å². The first-order valence-corrected chi connectivity index (χ1v) is 10.3. The first kappa shape index (κ1) is 23.8. The van der Waals surface area contributed by atoms with E-state index in [9.17, 15) is 9.59 Å². The van der Waals surface area contributed by atoms with Gasteiger partial charge in [-0.1, -0.05) is 30.3 Å². The second-order valence-corrected chi connectivity index (χ2v) is 6.82. The third-order valence-corrected chi connectivity index (χ3v) is 4.80. The predicted molar refractivity (Wildman–Crippen MR) is 113 cm³/mol. The quantitative estimate of drug-likeness (QED) is 0.406. The van der Waals surface area contributed by atoms with Crippen LogP contribution in [0, 0.1) is 5.92 Å². The van der Waals surface area contributed by atoms with Gasteiger partial charge in [-0.05, 0) is 33.3 Å². The zero-order valence-corrected chi connectivity index (χ0v) is 18.2. The standard InChI is InChI=1S/C23H31NO6/c1-5-27-12-14-29-22(25)19-16(3)24-17(4)20(23(26)30-15-13-28-6-2)21(19)18-10-8-7-9-11-18/h7-11,19,21H,5-6,12-15H2,1-4H3/t19?,21-/m1/s1.